The predicted molar refractivity (Wildman–Crippen MR) is 116 cm³/mol. The minimum absolute atomic E-state index is 0.00620. The van der Waals surface area contributed by atoms with Gasteiger partial charge in [0.05, 0.1) is 32.7 Å². The quantitative estimate of drug-likeness (QED) is 0.751. The minimum Gasteiger partial charge on any atom is -0.493 e. The molecule has 1 N–H and O–H groups in total. The Balaban J connectivity index is 1.80. The zero-order chi connectivity index (χ0) is 21.7. The standard InChI is InChI=1S/C24H30N2O4/c1-16-7-9-18(10-8-16)20(25-17(2)27)15-24(28)26-13-5-6-21(26)19-11-12-22(29-3)23(14-19)30-4/h7-12,14,20-21H,5-6,13,15H2,1-4H3,(H,25,27). The molecule has 2 unspecified atom stereocenters. The second-order valence-corrected chi connectivity index (χ2v) is 7.73. The topological polar surface area (TPSA) is 67.9 Å². The monoisotopic (exact) mass is 410 g/mol. The molecule has 1 saturated heterocycles. The van der Waals surface area contributed by atoms with Crippen LogP contribution in [0.4, 0.5) is 0 Å². The van der Waals surface area contributed by atoms with Crippen LogP contribution in [0.3, 0.4) is 0 Å². The zero-order valence-corrected chi connectivity index (χ0v) is 18.1. The first-order chi connectivity index (χ1) is 14.4. The van der Waals surface area contributed by atoms with Crippen molar-refractivity contribution in [1.82, 2.24) is 10.2 Å². The number of amides is 2. The molecule has 1 fully saturated rings. The number of carbonyl (C=O) groups is 2. The number of hydrogen-bond acceptors (Lipinski definition) is 4. The number of methoxy groups -OCH3 is 2. The Kier molecular flexibility index (Phi) is 6.98. The van der Waals surface area contributed by atoms with Crippen LogP contribution in [-0.2, 0) is 9.59 Å². The Morgan fingerprint density at radius 3 is 2.43 bits per heavy atom. The SMILES string of the molecule is COc1ccc(C2CCCN2C(=O)CC(NC(C)=O)c2ccc(C)cc2)cc1OC. The third kappa shape index (κ3) is 4.93. The second kappa shape index (κ2) is 9.65. The molecule has 1 aliphatic heterocycles. The Morgan fingerprint density at radius 2 is 1.80 bits per heavy atom. The maximum Gasteiger partial charge on any atom is 0.225 e. The molecule has 30 heavy (non-hydrogen) atoms. The molecule has 3 rings (SSSR count). The summed E-state index contributed by atoms with van der Waals surface area (Å²) in [6.07, 6.45) is 2.07. The summed E-state index contributed by atoms with van der Waals surface area (Å²) in [4.78, 5) is 26.9. The van der Waals surface area contributed by atoms with Crippen LogP contribution in [0.5, 0.6) is 11.5 Å². The highest BCUT2D eigenvalue weighted by Gasteiger charge is 2.32. The van der Waals surface area contributed by atoms with E-state index in [4.69, 9.17) is 9.47 Å². The lowest BCUT2D eigenvalue weighted by atomic mass is 10.00. The number of aryl methyl sites for hydroxylation is 1. The lowest BCUT2D eigenvalue weighted by Crippen LogP contribution is -2.35. The molecule has 2 atom stereocenters. The van der Waals surface area contributed by atoms with Gasteiger partial charge in [-0.3, -0.25) is 9.59 Å². The predicted octanol–water partition coefficient (Wildman–Crippen LogP) is 3.94. The molecule has 1 aliphatic rings. The summed E-state index contributed by atoms with van der Waals surface area (Å²) >= 11 is 0. The molecule has 2 aromatic rings. The number of carbonyl (C=O) groups excluding carboxylic acids is 2. The largest absolute Gasteiger partial charge is 0.493 e. The molecule has 0 aliphatic carbocycles. The lowest BCUT2D eigenvalue weighted by molar-refractivity contribution is -0.133. The van der Waals surface area contributed by atoms with Crippen LogP contribution in [0.2, 0.25) is 0 Å². The van der Waals surface area contributed by atoms with Gasteiger partial charge >= 0.3 is 0 Å². The number of ether oxygens (including phenoxy) is 2. The normalized spacial score (nSPS) is 16.8. The fourth-order valence-electron chi connectivity index (χ4n) is 4.06. The van der Waals surface area contributed by atoms with Crippen molar-refractivity contribution >= 4 is 11.8 Å². The van der Waals surface area contributed by atoms with Gasteiger partial charge in [0.15, 0.2) is 11.5 Å². The smallest absolute Gasteiger partial charge is 0.225 e. The van der Waals surface area contributed by atoms with Crippen molar-refractivity contribution < 1.29 is 19.1 Å². The van der Waals surface area contributed by atoms with Crippen LogP contribution in [0.1, 0.15) is 55.0 Å². The maximum atomic E-state index is 13.3. The maximum absolute atomic E-state index is 13.3. The fourth-order valence-corrected chi connectivity index (χ4v) is 4.06. The van der Waals surface area contributed by atoms with E-state index in [-0.39, 0.29) is 30.3 Å². The first-order valence-electron chi connectivity index (χ1n) is 10.3. The van der Waals surface area contributed by atoms with Crippen LogP contribution in [0.25, 0.3) is 0 Å². The van der Waals surface area contributed by atoms with Gasteiger partial charge in [-0.25, -0.2) is 0 Å². The van der Waals surface area contributed by atoms with E-state index in [1.165, 1.54) is 6.92 Å². The number of rotatable bonds is 7. The molecule has 6 nitrogen and oxygen atoms in total. The first kappa shape index (κ1) is 21.7. The molecule has 0 aromatic heterocycles. The van der Waals surface area contributed by atoms with E-state index in [1.807, 2.05) is 54.3 Å². The van der Waals surface area contributed by atoms with Crippen molar-refractivity contribution in [3.63, 3.8) is 0 Å². The van der Waals surface area contributed by atoms with Crippen molar-refractivity contribution in [2.75, 3.05) is 20.8 Å². The number of nitrogens with one attached hydrogen (secondary N) is 1. The highest BCUT2D eigenvalue weighted by molar-refractivity contribution is 5.80. The number of nitrogens with zero attached hydrogens (tertiary/aromatic N) is 1. The third-order valence-corrected chi connectivity index (χ3v) is 5.60. The van der Waals surface area contributed by atoms with Crippen LogP contribution >= 0.6 is 0 Å². The highest BCUT2D eigenvalue weighted by Crippen LogP contribution is 2.37. The summed E-state index contributed by atoms with van der Waals surface area (Å²) in [7, 11) is 3.22. The summed E-state index contributed by atoms with van der Waals surface area (Å²) in [6, 6.07) is 13.4. The van der Waals surface area contributed by atoms with Crippen LogP contribution < -0.4 is 14.8 Å². The molecule has 2 amide bonds. The van der Waals surface area contributed by atoms with E-state index in [1.54, 1.807) is 14.2 Å². The van der Waals surface area contributed by atoms with E-state index in [0.717, 1.165) is 29.5 Å². The third-order valence-electron chi connectivity index (χ3n) is 5.60. The molecule has 0 radical (unpaired) electrons. The van der Waals surface area contributed by atoms with E-state index in [2.05, 4.69) is 5.32 Å². The van der Waals surface area contributed by atoms with Crippen molar-refractivity contribution in [1.29, 1.82) is 0 Å². The Bertz CT molecular complexity index is 895. The molecule has 6 heteroatoms. The van der Waals surface area contributed by atoms with Gasteiger partial charge < -0.3 is 19.7 Å². The van der Waals surface area contributed by atoms with E-state index >= 15 is 0 Å². The molecule has 160 valence electrons. The Hall–Kier alpha value is -3.02. The molecule has 0 saturated carbocycles. The molecular weight excluding hydrogens is 380 g/mol. The number of likely N-dealkylation sites (tertiary alicyclic amines) is 1. The van der Waals surface area contributed by atoms with Gasteiger partial charge in [0.25, 0.3) is 0 Å². The molecule has 0 bridgehead atoms. The van der Waals surface area contributed by atoms with Crippen LogP contribution in [0.15, 0.2) is 42.5 Å². The zero-order valence-electron chi connectivity index (χ0n) is 18.1. The summed E-state index contributed by atoms with van der Waals surface area (Å²) < 4.78 is 10.8. The molecule has 0 spiro atoms. The average Bonchev–Trinajstić information content (AvgIpc) is 3.23. The lowest BCUT2D eigenvalue weighted by Gasteiger charge is -2.28. The van der Waals surface area contributed by atoms with Gasteiger partial charge in [0.2, 0.25) is 11.8 Å². The van der Waals surface area contributed by atoms with Crippen molar-refractivity contribution in [2.45, 2.75) is 45.2 Å². The average molecular weight is 411 g/mol. The summed E-state index contributed by atoms with van der Waals surface area (Å²) in [5.41, 5.74) is 3.11. The van der Waals surface area contributed by atoms with Gasteiger partial charge in [-0.15, -0.1) is 0 Å². The van der Waals surface area contributed by atoms with Crippen molar-refractivity contribution in [3.05, 3.63) is 59.2 Å². The van der Waals surface area contributed by atoms with Gasteiger partial charge in [-0.2, -0.15) is 0 Å². The van der Waals surface area contributed by atoms with E-state index < -0.39 is 0 Å². The van der Waals surface area contributed by atoms with Gasteiger partial charge in [0.1, 0.15) is 0 Å². The Labute approximate surface area is 178 Å². The first-order valence-corrected chi connectivity index (χ1v) is 10.3. The van der Waals surface area contributed by atoms with Gasteiger partial charge in [0, 0.05) is 13.5 Å². The second-order valence-electron chi connectivity index (χ2n) is 7.73. The van der Waals surface area contributed by atoms with Crippen LogP contribution in [-0.4, -0.2) is 37.5 Å². The van der Waals surface area contributed by atoms with E-state index in [9.17, 15) is 9.59 Å². The fraction of sp³-hybridized carbons (Fsp3) is 0.417. The minimum atomic E-state index is -0.345. The summed E-state index contributed by atoms with van der Waals surface area (Å²) in [6.45, 7) is 4.20. The van der Waals surface area contributed by atoms with E-state index in [0.29, 0.717) is 18.0 Å². The van der Waals surface area contributed by atoms with Crippen LogP contribution in [0, 0.1) is 6.92 Å². The molecule has 1 heterocycles. The van der Waals surface area contributed by atoms with Gasteiger partial charge in [-0.05, 0) is 43.0 Å². The number of benzene rings is 2. The Morgan fingerprint density at radius 1 is 1.10 bits per heavy atom. The van der Waals surface area contributed by atoms with Crippen molar-refractivity contribution in [2.24, 2.45) is 0 Å². The van der Waals surface area contributed by atoms with Crippen molar-refractivity contribution in [3.8, 4) is 11.5 Å². The van der Waals surface area contributed by atoms with Gasteiger partial charge in [-0.1, -0.05) is 35.9 Å². The highest BCUT2D eigenvalue weighted by atomic mass is 16.5. The summed E-state index contributed by atoms with van der Waals surface area (Å²) in [5.74, 6) is 1.21. The molecule has 2 aromatic carbocycles. The molecular formula is C24H30N2O4. The number of hydrogen-bond donors (Lipinski definition) is 1. The summed E-state index contributed by atoms with van der Waals surface area (Å²) in [5, 5.41) is 2.93.